The fraction of sp³-hybridized carbons (Fsp3) is 0.0455. The Kier molecular flexibility index (Phi) is 4.06. The van der Waals surface area contributed by atoms with E-state index in [0.717, 1.165) is 16.7 Å². The van der Waals surface area contributed by atoms with Gasteiger partial charge >= 0.3 is 0 Å². The maximum atomic E-state index is 11.9. The molecule has 0 saturated carbocycles. The molecular weight excluding hydrogens is 350 g/mol. The molecule has 0 atom stereocenters. The summed E-state index contributed by atoms with van der Waals surface area (Å²) < 4.78 is 9.12. The lowest BCUT2D eigenvalue weighted by Gasteiger charge is -1.95. The van der Waals surface area contributed by atoms with E-state index in [0.29, 0.717) is 17.5 Å². The number of nitrogens with zero attached hydrogens (tertiary/aromatic N) is 3. The van der Waals surface area contributed by atoms with Crippen molar-refractivity contribution in [2.75, 3.05) is 5.73 Å². The monoisotopic (exact) mass is 367 g/mol. The SMILES string of the molecule is [3H]c1ccc(C#Cc2ccc(C#Cc3nc4c(=O)[nH]c(N)nc4n3C)cc2)cc1. The van der Waals surface area contributed by atoms with Crippen molar-refractivity contribution >= 4 is 17.1 Å². The van der Waals surface area contributed by atoms with Crippen molar-refractivity contribution in [2.45, 2.75) is 0 Å². The van der Waals surface area contributed by atoms with Crippen molar-refractivity contribution in [3.05, 3.63) is 87.4 Å². The summed E-state index contributed by atoms with van der Waals surface area (Å²) in [7, 11) is 1.73. The smallest absolute Gasteiger partial charge is 0.280 e. The molecule has 0 amide bonds. The van der Waals surface area contributed by atoms with Gasteiger partial charge in [0.15, 0.2) is 17.0 Å². The average molecular weight is 367 g/mol. The topological polar surface area (TPSA) is 89.6 Å². The van der Waals surface area contributed by atoms with E-state index in [1.165, 1.54) is 0 Å². The Hall–Kier alpha value is -4.29. The first-order chi connectivity index (χ1) is 14.0. The zero-order valence-corrected chi connectivity index (χ0v) is 14.9. The molecule has 6 nitrogen and oxygen atoms in total. The molecule has 0 radical (unpaired) electrons. The Morgan fingerprint density at radius 1 is 0.964 bits per heavy atom. The van der Waals surface area contributed by atoms with Gasteiger partial charge in [-0.15, -0.1) is 0 Å². The molecule has 0 aliphatic rings. The van der Waals surface area contributed by atoms with Gasteiger partial charge in [0.2, 0.25) is 5.95 Å². The number of aromatic amines is 1. The molecule has 6 heteroatoms. The average Bonchev–Trinajstić information content (AvgIpc) is 3.03. The standard InChI is InChI=1S/C22H15N5O/c1-27-18(24-19-20(27)25-22(23)26-21(19)28)14-13-17-11-9-16(10-12-17)8-7-15-5-3-2-4-6-15/h2-6,9-12H,1H3,(H3,23,25,26,28)/i2T. The van der Waals surface area contributed by atoms with Crippen molar-refractivity contribution in [1.82, 2.24) is 19.5 Å². The number of nitrogens with one attached hydrogen (secondary N) is 1. The van der Waals surface area contributed by atoms with E-state index >= 15 is 0 Å². The fourth-order valence-electron chi connectivity index (χ4n) is 2.58. The summed E-state index contributed by atoms with van der Waals surface area (Å²) in [5, 5.41) is 0. The first kappa shape index (κ1) is 15.9. The minimum Gasteiger partial charge on any atom is -0.369 e. The number of nitrogen functional groups attached to an aromatic ring is 1. The summed E-state index contributed by atoms with van der Waals surface area (Å²) in [6, 6.07) is 15.0. The molecule has 134 valence electrons. The molecule has 28 heavy (non-hydrogen) atoms. The number of rotatable bonds is 0. The molecule has 0 aliphatic carbocycles. The van der Waals surface area contributed by atoms with Crippen LogP contribution in [0.15, 0.2) is 59.4 Å². The molecular formula is C22H15N5O. The third-order valence-electron chi connectivity index (χ3n) is 4.02. The second-order valence-electron chi connectivity index (χ2n) is 5.98. The van der Waals surface area contributed by atoms with Crippen LogP contribution < -0.4 is 11.3 Å². The Labute approximate surface area is 162 Å². The van der Waals surface area contributed by atoms with Gasteiger partial charge in [-0.25, -0.2) is 4.98 Å². The lowest BCUT2D eigenvalue weighted by Crippen LogP contribution is -2.11. The number of nitrogens with two attached hydrogens (primary N) is 1. The zero-order valence-electron chi connectivity index (χ0n) is 15.9. The predicted octanol–water partition coefficient (Wildman–Crippen LogP) is 2.04. The quantitative estimate of drug-likeness (QED) is 0.466. The van der Waals surface area contributed by atoms with E-state index in [2.05, 4.69) is 38.6 Å². The van der Waals surface area contributed by atoms with Crippen LogP contribution in [0.25, 0.3) is 11.2 Å². The molecule has 0 bridgehead atoms. The van der Waals surface area contributed by atoms with E-state index in [4.69, 9.17) is 7.10 Å². The Bertz CT molecular complexity index is 1390. The van der Waals surface area contributed by atoms with Crippen molar-refractivity contribution < 1.29 is 1.37 Å². The highest BCUT2D eigenvalue weighted by atomic mass is 16.1. The molecule has 3 N–H and O–H groups in total. The molecule has 0 fully saturated rings. The minimum atomic E-state index is -0.392. The van der Waals surface area contributed by atoms with Crippen LogP contribution in [-0.2, 0) is 7.05 Å². The van der Waals surface area contributed by atoms with Gasteiger partial charge in [-0.2, -0.15) is 4.98 Å². The number of aromatic nitrogens is 4. The van der Waals surface area contributed by atoms with E-state index < -0.39 is 5.56 Å². The van der Waals surface area contributed by atoms with Crippen molar-refractivity contribution in [1.29, 1.82) is 0 Å². The van der Waals surface area contributed by atoms with Gasteiger partial charge in [0.1, 0.15) is 0 Å². The number of hydrogen-bond acceptors (Lipinski definition) is 4. The molecule has 0 saturated heterocycles. The largest absolute Gasteiger partial charge is 0.369 e. The summed E-state index contributed by atoms with van der Waals surface area (Å²) in [4.78, 5) is 22.7. The molecule has 0 spiro atoms. The third-order valence-corrected chi connectivity index (χ3v) is 4.02. The van der Waals surface area contributed by atoms with E-state index in [1.807, 2.05) is 36.4 Å². The number of benzene rings is 2. The first-order valence-electron chi connectivity index (χ1n) is 8.92. The Balaban J connectivity index is 1.58. The summed E-state index contributed by atoms with van der Waals surface area (Å²) in [5.74, 6) is 12.6. The molecule has 2 aromatic heterocycles. The van der Waals surface area contributed by atoms with Crippen LogP contribution in [0.2, 0.25) is 0 Å². The number of aryl methyl sites for hydroxylation is 1. The molecule has 2 aromatic carbocycles. The van der Waals surface area contributed by atoms with Gasteiger partial charge in [-0.1, -0.05) is 35.9 Å². The highest BCUT2D eigenvalue weighted by molar-refractivity contribution is 5.72. The molecule has 2 heterocycles. The van der Waals surface area contributed by atoms with Crippen LogP contribution >= 0.6 is 0 Å². The normalized spacial score (nSPS) is 10.5. The van der Waals surface area contributed by atoms with Crippen LogP contribution in [0.5, 0.6) is 0 Å². The van der Waals surface area contributed by atoms with Crippen molar-refractivity contribution in [3.63, 3.8) is 0 Å². The Morgan fingerprint density at radius 3 is 2.18 bits per heavy atom. The fourth-order valence-corrected chi connectivity index (χ4v) is 2.58. The third kappa shape index (κ3) is 3.48. The van der Waals surface area contributed by atoms with Crippen LogP contribution in [0.3, 0.4) is 0 Å². The summed E-state index contributed by atoms with van der Waals surface area (Å²) in [5.41, 5.74) is 8.30. The van der Waals surface area contributed by atoms with Gasteiger partial charge in [0.05, 0.1) is 1.37 Å². The molecule has 4 aromatic rings. The number of imidazole rings is 1. The summed E-state index contributed by atoms with van der Waals surface area (Å²) >= 11 is 0. The number of anilines is 1. The van der Waals surface area contributed by atoms with E-state index in [9.17, 15) is 4.79 Å². The maximum absolute atomic E-state index is 11.9. The van der Waals surface area contributed by atoms with E-state index in [1.54, 1.807) is 23.7 Å². The van der Waals surface area contributed by atoms with Gasteiger partial charge < -0.3 is 10.3 Å². The van der Waals surface area contributed by atoms with Crippen LogP contribution in [0.1, 0.15) is 23.9 Å². The first-order valence-corrected chi connectivity index (χ1v) is 8.42. The van der Waals surface area contributed by atoms with Crippen LogP contribution in [0, 0.1) is 23.7 Å². The minimum absolute atomic E-state index is 0.0392. The molecule has 4 rings (SSSR count). The molecule has 0 unspecified atom stereocenters. The maximum Gasteiger partial charge on any atom is 0.280 e. The van der Waals surface area contributed by atoms with Crippen molar-refractivity contribution in [2.24, 2.45) is 7.05 Å². The lowest BCUT2D eigenvalue weighted by molar-refractivity contribution is 0.909. The van der Waals surface area contributed by atoms with Gasteiger partial charge in [0, 0.05) is 23.7 Å². The van der Waals surface area contributed by atoms with Crippen molar-refractivity contribution in [3.8, 4) is 23.7 Å². The Morgan fingerprint density at radius 2 is 1.54 bits per heavy atom. The summed E-state index contributed by atoms with van der Waals surface area (Å²) in [6.45, 7) is 0. The zero-order chi connectivity index (χ0) is 20.4. The number of hydrogen-bond donors (Lipinski definition) is 2. The number of H-pyrrole nitrogens is 1. The molecule has 0 aliphatic heterocycles. The van der Waals surface area contributed by atoms with Gasteiger partial charge in [-0.3, -0.25) is 9.78 Å². The second-order valence-corrected chi connectivity index (χ2v) is 5.98. The van der Waals surface area contributed by atoms with Gasteiger partial charge in [-0.05, 0) is 42.3 Å². The van der Waals surface area contributed by atoms with E-state index in [-0.39, 0.29) is 11.5 Å². The number of fused-ring (bicyclic) bond motifs is 1. The highest BCUT2D eigenvalue weighted by Crippen LogP contribution is 2.09. The van der Waals surface area contributed by atoms with Crippen LogP contribution in [-0.4, -0.2) is 19.5 Å². The summed E-state index contributed by atoms with van der Waals surface area (Å²) in [6.07, 6.45) is 0. The van der Waals surface area contributed by atoms with Gasteiger partial charge in [0.25, 0.3) is 5.56 Å². The predicted molar refractivity (Wildman–Crippen MR) is 108 cm³/mol. The second kappa shape index (κ2) is 7.14. The lowest BCUT2D eigenvalue weighted by atomic mass is 10.1. The highest BCUT2D eigenvalue weighted by Gasteiger charge is 2.11. The van der Waals surface area contributed by atoms with Crippen LogP contribution in [0.4, 0.5) is 5.95 Å².